The van der Waals surface area contributed by atoms with Crippen LogP contribution in [0.1, 0.15) is 43.2 Å². The molecule has 128 valence electrons. The molecule has 0 radical (unpaired) electrons. The Morgan fingerprint density at radius 1 is 1.26 bits per heavy atom. The second kappa shape index (κ2) is 8.48. The Labute approximate surface area is 139 Å². The largest absolute Gasteiger partial charge is 0.356 e. The zero-order chi connectivity index (χ0) is 16.7. The summed E-state index contributed by atoms with van der Waals surface area (Å²) >= 11 is 0. The number of rotatable bonds is 8. The Hall–Kier alpha value is -1.36. The molecule has 1 heterocycles. The van der Waals surface area contributed by atoms with Crippen molar-refractivity contribution in [1.29, 1.82) is 0 Å². The van der Waals surface area contributed by atoms with E-state index in [0.29, 0.717) is 24.5 Å². The topological polar surface area (TPSA) is 63.2 Å². The summed E-state index contributed by atoms with van der Waals surface area (Å²) in [5, 5.41) is 2.94. The fourth-order valence-electron chi connectivity index (χ4n) is 3.14. The minimum atomic E-state index is -2.78. The summed E-state index contributed by atoms with van der Waals surface area (Å²) < 4.78 is 22.7. The van der Waals surface area contributed by atoms with Crippen molar-refractivity contribution in [3.05, 3.63) is 35.4 Å². The lowest BCUT2D eigenvalue weighted by molar-refractivity contribution is -0.121. The summed E-state index contributed by atoms with van der Waals surface area (Å²) in [6.07, 6.45) is 4.88. The molecule has 1 aromatic rings. The molecular formula is C18H27NO3S. The number of hydrogen-bond donors (Lipinski definition) is 1. The average Bonchev–Trinajstić information content (AvgIpc) is 2.85. The van der Waals surface area contributed by atoms with Crippen LogP contribution in [-0.4, -0.2) is 32.4 Å². The molecule has 1 unspecified atom stereocenters. The molecule has 1 amide bonds. The zero-order valence-corrected chi connectivity index (χ0v) is 14.7. The van der Waals surface area contributed by atoms with E-state index in [1.54, 1.807) is 0 Å². The Morgan fingerprint density at radius 2 is 2.04 bits per heavy atom. The van der Waals surface area contributed by atoms with Crippen LogP contribution in [0.3, 0.4) is 0 Å². The third kappa shape index (κ3) is 6.34. The van der Waals surface area contributed by atoms with Crippen molar-refractivity contribution in [2.45, 2.75) is 45.4 Å². The number of carbonyl (C=O) groups is 1. The monoisotopic (exact) mass is 337 g/mol. The van der Waals surface area contributed by atoms with E-state index in [1.807, 2.05) is 12.1 Å². The van der Waals surface area contributed by atoms with Gasteiger partial charge in [-0.3, -0.25) is 4.79 Å². The van der Waals surface area contributed by atoms with E-state index >= 15 is 0 Å². The zero-order valence-electron chi connectivity index (χ0n) is 13.9. The van der Waals surface area contributed by atoms with E-state index < -0.39 is 9.84 Å². The second-order valence-electron chi connectivity index (χ2n) is 6.54. The van der Waals surface area contributed by atoms with Crippen LogP contribution in [0.2, 0.25) is 0 Å². The second-order valence-corrected chi connectivity index (χ2v) is 8.77. The molecule has 4 nitrogen and oxygen atoms in total. The molecule has 1 atom stereocenters. The third-order valence-corrected chi connectivity index (χ3v) is 6.39. The molecule has 1 aliphatic heterocycles. The summed E-state index contributed by atoms with van der Waals surface area (Å²) in [6.45, 7) is 2.75. The van der Waals surface area contributed by atoms with Crippen LogP contribution in [-0.2, 0) is 21.1 Å². The summed E-state index contributed by atoms with van der Waals surface area (Å²) in [6, 6.07) is 8.27. The first-order valence-corrected chi connectivity index (χ1v) is 10.3. The highest BCUT2D eigenvalue weighted by atomic mass is 32.2. The minimum Gasteiger partial charge on any atom is -0.356 e. The molecule has 1 aromatic carbocycles. The van der Waals surface area contributed by atoms with E-state index in [1.165, 1.54) is 11.1 Å². The maximum Gasteiger partial charge on any atom is 0.220 e. The van der Waals surface area contributed by atoms with E-state index in [9.17, 15) is 13.2 Å². The van der Waals surface area contributed by atoms with Gasteiger partial charge < -0.3 is 5.32 Å². The highest BCUT2D eigenvalue weighted by Gasteiger charge is 2.27. The molecule has 2 rings (SSSR count). The van der Waals surface area contributed by atoms with Crippen LogP contribution in [0.15, 0.2) is 24.3 Å². The van der Waals surface area contributed by atoms with Gasteiger partial charge in [0.2, 0.25) is 5.91 Å². The number of benzene rings is 1. The smallest absolute Gasteiger partial charge is 0.220 e. The maximum absolute atomic E-state index is 11.8. The summed E-state index contributed by atoms with van der Waals surface area (Å²) in [4.78, 5) is 11.8. The molecule has 0 spiro atoms. The summed E-state index contributed by atoms with van der Waals surface area (Å²) in [7, 11) is -2.78. The van der Waals surface area contributed by atoms with E-state index in [0.717, 1.165) is 32.1 Å². The first-order chi connectivity index (χ1) is 11.0. The molecule has 0 aliphatic carbocycles. The molecule has 1 N–H and O–H groups in total. The SMILES string of the molecule is Cc1ccccc1CCCC(=O)NCCCC1CCS(=O)(=O)C1. The minimum absolute atomic E-state index is 0.0950. The van der Waals surface area contributed by atoms with E-state index in [2.05, 4.69) is 24.4 Å². The van der Waals surface area contributed by atoms with Crippen LogP contribution < -0.4 is 5.32 Å². The van der Waals surface area contributed by atoms with Crippen molar-refractivity contribution in [2.24, 2.45) is 5.92 Å². The standard InChI is InChI=1S/C18H27NO3S/c1-15-6-2-3-8-17(15)9-4-10-18(20)19-12-5-7-16-11-13-23(21,22)14-16/h2-3,6,8,16H,4-5,7,9-14H2,1H3,(H,19,20). The fraction of sp³-hybridized carbons (Fsp3) is 0.611. The number of amides is 1. The first-order valence-electron chi connectivity index (χ1n) is 8.48. The predicted octanol–water partition coefficient (Wildman–Crippen LogP) is 2.65. The molecular weight excluding hydrogens is 310 g/mol. The van der Waals surface area contributed by atoms with Gasteiger partial charge in [-0.1, -0.05) is 24.3 Å². The maximum atomic E-state index is 11.8. The summed E-state index contributed by atoms with van der Waals surface area (Å²) in [5.74, 6) is 1.05. The number of sulfone groups is 1. The van der Waals surface area contributed by atoms with Crippen molar-refractivity contribution in [3.8, 4) is 0 Å². The Balaban J connectivity index is 1.55. The van der Waals surface area contributed by atoms with Gasteiger partial charge in [-0.15, -0.1) is 0 Å². The Morgan fingerprint density at radius 3 is 2.74 bits per heavy atom. The highest BCUT2D eigenvalue weighted by molar-refractivity contribution is 7.91. The van der Waals surface area contributed by atoms with E-state index in [4.69, 9.17) is 0 Å². The quantitative estimate of drug-likeness (QED) is 0.742. The normalized spacial score (nSPS) is 19.6. The lowest BCUT2D eigenvalue weighted by Crippen LogP contribution is -2.24. The number of carbonyl (C=O) groups excluding carboxylic acids is 1. The number of aryl methyl sites for hydroxylation is 2. The Kier molecular flexibility index (Phi) is 6.63. The van der Waals surface area contributed by atoms with Crippen LogP contribution in [0.4, 0.5) is 0 Å². The third-order valence-electron chi connectivity index (χ3n) is 4.55. The average molecular weight is 337 g/mol. The van der Waals surface area contributed by atoms with Gasteiger partial charge in [-0.2, -0.15) is 0 Å². The van der Waals surface area contributed by atoms with Crippen molar-refractivity contribution >= 4 is 15.7 Å². The van der Waals surface area contributed by atoms with E-state index in [-0.39, 0.29) is 11.8 Å². The van der Waals surface area contributed by atoms with Gasteiger partial charge in [-0.25, -0.2) is 8.42 Å². The van der Waals surface area contributed by atoms with Gasteiger partial charge in [0.1, 0.15) is 0 Å². The molecule has 0 aromatic heterocycles. The molecule has 0 bridgehead atoms. The van der Waals surface area contributed by atoms with Gasteiger partial charge >= 0.3 is 0 Å². The van der Waals surface area contributed by atoms with Crippen molar-refractivity contribution in [1.82, 2.24) is 5.32 Å². The lowest BCUT2D eigenvalue weighted by Gasteiger charge is -2.09. The van der Waals surface area contributed by atoms with Crippen molar-refractivity contribution in [2.75, 3.05) is 18.1 Å². The van der Waals surface area contributed by atoms with Crippen molar-refractivity contribution < 1.29 is 13.2 Å². The molecule has 5 heteroatoms. The van der Waals surface area contributed by atoms with Crippen LogP contribution in [0.5, 0.6) is 0 Å². The molecule has 1 fully saturated rings. The first kappa shape index (κ1) is 18.0. The van der Waals surface area contributed by atoms with Crippen LogP contribution in [0, 0.1) is 12.8 Å². The lowest BCUT2D eigenvalue weighted by atomic mass is 10.0. The molecule has 23 heavy (non-hydrogen) atoms. The molecule has 1 saturated heterocycles. The number of hydrogen-bond acceptors (Lipinski definition) is 3. The number of nitrogens with one attached hydrogen (secondary N) is 1. The van der Waals surface area contributed by atoms with Crippen molar-refractivity contribution in [3.63, 3.8) is 0 Å². The highest BCUT2D eigenvalue weighted by Crippen LogP contribution is 2.22. The van der Waals surface area contributed by atoms with Gasteiger partial charge in [-0.05, 0) is 56.1 Å². The van der Waals surface area contributed by atoms with Gasteiger partial charge in [0.25, 0.3) is 0 Å². The Bertz CT molecular complexity index is 625. The van der Waals surface area contributed by atoms with Gasteiger partial charge in [0.15, 0.2) is 9.84 Å². The van der Waals surface area contributed by atoms with Crippen LogP contribution >= 0.6 is 0 Å². The molecule has 1 aliphatic rings. The van der Waals surface area contributed by atoms with Gasteiger partial charge in [0.05, 0.1) is 11.5 Å². The molecule has 0 saturated carbocycles. The fourth-order valence-corrected chi connectivity index (χ4v) is 5.05. The van der Waals surface area contributed by atoms with Gasteiger partial charge in [0, 0.05) is 13.0 Å². The predicted molar refractivity (Wildman–Crippen MR) is 93.1 cm³/mol. The summed E-state index contributed by atoms with van der Waals surface area (Å²) in [5.41, 5.74) is 2.59. The van der Waals surface area contributed by atoms with Crippen LogP contribution in [0.25, 0.3) is 0 Å².